The van der Waals surface area contributed by atoms with Crippen LogP contribution >= 0.6 is 0 Å². The Morgan fingerprint density at radius 3 is 2.72 bits per heavy atom. The van der Waals surface area contributed by atoms with E-state index in [0.29, 0.717) is 5.69 Å². The SMILES string of the molecule is Cc1ccc(OCC(=O)OC(C)C)c([N+](=O)[O-])n1. The van der Waals surface area contributed by atoms with Gasteiger partial charge < -0.3 is 19.6 Å². The van der Waals surface area contributed by atoms with Crippen LogP contribution in [0.1, 0.15) is 19.5 Å². The van der Waals surface area contributed by atoms with Crippen molar-refractivity contribution in [2.45, 2.75) is 26.9 Å². The number of rotatable bonds is 5. The van der Waals surface area contributed by atoms with E-state index in [-0.39, 0.29) is 18.5 Å². The Kier molecular flexibility index (Phi) is 4.59. The number of aryl methyl sites for hydroxylation is 1. The summed E-state index contributed by atoms with van der Waals surface area (Å²) in [5.41, 5.74) is 0.499. The molecule has 0 fully saturated rings. The van der Waals surface area contributed by atoms with Crippen LogP contribution in [0.2, 0.25) is 0 Å². The molecule has 18 heavy (non-hydrogen) atoms. The standard InChI is InChI=1S/C11H14N2O5/c1-7(2)18-10(14)6-17-9-5-4-8(3)12-11(9)13(15)16/h4-5,7H,6H2,1-3H3. The zero-order valence-electron chi connectivity index (χ0n) is 10.4. The third-order valence-electron chi connectivity index (χ3n) is 1.86. The predicted octanol–water partition coefficient (Wildman–Crippen LogP) is 1.63. The second-order valence-electron chi connectivity index (χ2n) is 3.86. The van der Waals surface area contributed by atoms with Crippen LogP contribution in [0.5, 0.6) is 5.75 Å². The summed E-state index contributed by atoms with van der Waals surface area (Å²) in [5, 5.41) is 10.7. The van der Waals surface area contributed by atoms with Crippen LogP contribution in [0.25, 0.3) is 0 Å². The first-order valence-electron chi connectivity index (χ1n) is 5.34. The molecule has 98 valence electrons. The number of hydrogen-bond donors (Lipinski definition) is 0. The van der Waals surface area contributed by atoms with Crippen molar-refractivity contribution in [3.05, 3.63) is 27.9 Å². The number of pyridine rings is 1. The van der Waals surface area contributed by atoms with E-state index in [4.69, 9.17) is 9.47 Å². The van der Waals surface area contributed by atoms with E-state index in [2.05, 4.69) is 4.98 Å². The molecular formula is C11H14N2O5. The van der Waals surface area contributed by atoms with Crippen molar-refractivity contribution < 1.29 is 19.2 Å². The van der Waals surface area contributed by atoms with Crippen LogP contribution < -0.4 is 4.74 Å². The summed E-state index contributed by atoms with van der Waals surface area (Å²) < 4.78 is 9.88. The third kappa shape index (κ3) is 4.00. The lowest BCUT2D eigenvalue weighted by Gasteiger charge is -2.09. The van der Waals surface area contributed by atoms with Gasteiger partial charge in [-0.05, 0) is 35.9 Å². The van der Waals surface area contributed by atoms with Gasteiger partial charge >= 0.3 is 11.8 Å². The number of nitrogens with zero attached hydrogens (tertiary/aromatic N) is 2. The molecule has 0 aromatic carbocycles. The summed E-state index contributed by atoms with van der Waals surface area (Å²) in [6.45, 7) is 4.65. The molecule has 0 amide bonds. The number of carbonyl (C=O) groups is 1. The lowest BCUT2D eigenvalue weighted by Crippen LogP contribution is -2.19. The molecular weight excluding hydrogens is 240 g/mol. The lowest BCUT2D eigenvalue weighted by atomic mass is 10.3. The minimum Gasteiger partial charge on any atom is -0.474 e. The topological polar surface area (TPSA) is 91.6 Å². The van der Waals surface area contributed by atoms with E-state index in [0.717, 1.165) is 0 Å². The quantitative estimate of drug-likeness (QED) is 0.450. The minimum atomic E-state index is -0.657. The van der Waals surface area contributed by atoms with E-state index in [9.17, 15) is 14.9 Å². The summed E-state index contributed by atoms with van der Waals surface area (Å²) in [4.78, 5) is 25.1. The summed E-state index contributed by atoms with van der Waals surface area (Å²) in [5.74, 6) is -1.04. The summed E-state index contributed by atoms with van der Waals surface area (Å²) in [6.07, 6.45) is -0.257. The van der Waals surface area contributed by atoms with Crippen LogP contribution in [-0.4, -0.2) is 28.6 Å². The summed E-state index contributed by atoms with van der Waals surface area (Å²) in [7, 11) is 0. The fraction of sp³-hybridized carbons (Fsp3) is 0.455. The Balaban J connectivity index is 2.73. The van der Waals surface area contributed by atoms with Crippen LogP contribution in [-0.2, 0) is 9.53 Å². The summed E-state index contributed by atoms with van der Waals surface area (Å²) >= 11 is 0. The maximum atomic E-state index is 11.2. The van der Waals surface area contributed by atoms with Crippen LogP contribution in [0.15, 0.2) is 12.1 Å². The molecule has 7 nitrogen and oxygen atoms in total. The highest BCUT2D eigenvalue weighted by molar-refractivity contribution is 5.71. The Bertz CT molecular complexity index is 459. The number of hydrogen-bond acceptors (Lipinski definition) is 6. The monoisotopic (exact) mass is 254 g/mol. The van der Waals surface area contributed by atoms with Gasteiger partial charge in [0.05, 0.1) is 6.10 Å². The fourth-order valence-corrected chi connectivity index (χ4v) is 1.21. The van der Waals surface area contributed by atoms with E-state index in [1.54, 1.807) is 26.8 Å². The molecule has 0 spiro atoms. The highest BCUT2D eigenvalue weighted by Crippen LogP contribution is 2.24. The van der Waals surface area contributed by atoms with Crippen molar-refractivity contribution in [1.29, 1.82) is 0 Å². The molecule has 0 aliphatic carbocycles. The normalized spacial score (nSPS) is 10.2. The molecule has 0 bridgehead atoms. The van der Waals surface area contributed by atoms with Gasteiger partial charge in [0.1, 0.15) is 5.69 Å². The molecule has 1 heterocycles. The Morgan fingerprint density at radius 1 is 1.50 bits per heavy atom. The molecule has 1 rings (SSSR count). The maximum absolute atomic E-state index is 11.2. The van der Waals surface area contributed by atoms with E-state index < -0.39 is 16.7 Å². The minimum absolute atomic E-state index is 0.0497. The van der Waals surface area contributed by atoms with Crippen molar-refractivity contribution >= 4 is 11.8 Å². The number of ether oxygens (including phenoxy) is 2. The fourth-order valence-electron chi connectivity index (χ4n) is 1.21. The van der Waals surface area contributed by atoms with E-state index in [1.807, 2.05) is 0 Å². The predicted molar refractivity (Wildman–Crippen MR) is 62.4 cm³/mol. The van der Waals surface area contributed by atoms with Gasteiger partial charge in [-0.2, -0.15) is 0 Å². The van der Waals surface area contributed by atoms with Crippen LogP contribution in [0, 0.1) is 17.0 Å². The number of aromatic nitrogens is 1. The zero-order chi connectivity index (χ0) is 13.7. The van der Waals surface area contributed by atoms with Gasteiger partial charge in [0.2, 0.25) is 5.75 Å². The van der Waals surface area contributed by atoms with Gasteiger partial charge in [-0.3, -0.25) is 0 Å². The average molecular weight is 254 g/mol. The third-order valence-corrected chi connectivity index (χ3v) is 1.86. The molecule has 0 saturated heterocycles. The van der Waals surface area contributed by atoms with Gasteiger partial charge in [-0.15, -0.1) is 0 Å². The first kappa shape index (κ1) is 13.9. The second-order valence-corrected chi connectivity index (χ2v) is 3.86. The number of carbonyl (C=O) groups excluding carboxylic acids is 1. The molecule has 1 aromatic rings. The van der Waals surface area contributed by atoms with Crippen molar-refractivity contribution in [2.24, 2.45) is 0 Å². The van der Waals surface area contributed by atoms with Crippen LogP contribution in [0.4, 0.5) is 5.82 Å². The number of nitro groups is 1. The molecule has 0 aliphatic rings. The Labute approximate surface area is 104 Å². The maximum Gasteiger partial charge on any atom is 0.406 e. The molecule has 0 saturated carbocycles. The van der Waals surface area contributed by atoms with Gasteiger partial charge in [-0.25, -0.2) is 4.79 Å². The number of esters is 1. The van der Waals surface area contributed by atoms with Gasteiger partial charge in [0, 0.05) is 6.92 Å². The van der Waals surface area contributed by atoms with Crippen molar-refractivity contribution in [3.8, 4) is 5.75 Å². The Hall–Kier alpha value is -2.18. The average Bonchev–Trinajstić information content (AvgIpc) is 2.26. The van der Waals surface area contributed by atoms with E-state index in [1.165, 1.54) is 6.07 Å². The van der Waals surface area contributed by atoms with Crippen molar-refractivity contribution in [1.82, 2.24) is 4.98 Å². The smallest absolute Gasteiger partial charge is 0.406 e. The largest absolute Gasteiger partial charge is 0.474 e. The van der Waals surface area contributed by atoms with Gasteiger partial charge in [0.15, 0.2) is 6.61 Å². The molecule has 0 atom stereocenters. The molecule has 0 N–H and O–H groups in total. The highest BCUT2D eigenvalue weighted by Gasteiger charge is 2.19. The van der Waals surface area contributed by atoms with Crippen molar-refractivity contribution in [3.63, 3.8) is 0 Å². The van der Waals surface area contributed by atoms with Gasteiger partial charge in [-0.1, -0.05) is 0 Å². The first-order valence-corrected chi connectivity index (χ1v) is 5.34. The van der Waals surface area contributed by atoms with Gasteiger partial charge in [0.25, 0.3) is 0 Å². The lowest BCUT2D eigenvalue weighted by molar-refractivity contribution is -0.390. The highest BCUT2D eigenvalue weighted by atomic mass is 16.6. The zero-order valence-corrected chi connectivity index (χ0v) is 10.4. The van der Waals surface area contributed by atoms with Crippen molar-refractivity contribution in [2.75, 3.05) is 6.61 Å². The Morgan fingerprint density at radius 2 is 2.17 bits per heavy atom. The molecule has 1 aromatic heterocycles. The van der Waals surface area contributed by atoms with Crippen LogP contribution in [0.3, 0.4) is 0 Å². The van der Waals surface area contributed by atoms with E-state index >= 15 is 0 Å². The molecule has 0 aliphatic heterocycles. The molecule has 0 unspecified atom stereocenters. The first-order chi connectivity index (χ1) is 8.40. The molecule has 0 radical (unpaired) electrons. The molecule has 7 heteroatoms. The second kappa shape index (κ2) is 5.95. The summed E-state index contributed by atoms with van der Waals surface area (Å²) in [6, 6.07) is 2.97.